The van der Waals surface area contributed by atoms with Crippen LogP contribution in [0.25, 0.3) is 0 Å². The van der Waals surface area contributed by atoms with Gasteiger partial charge in [-0.15, -0.1) is 0 Å². The molecule has 2 rings (SSSR count). The van der Waals surface area contributed by atoms with Crippen LogP contribution >= 0.6 is 0 Å². The van der Waals surface area contributed by atoms with Gasteiger partial charge in [0.15, 0.2) is 0 Å². The number of rotatable bonds is 3. The van der Waals surface area contributed by atoms with Crippen LogP contribution in [0, 0.1) is 12.3 Å². The van der Waals surface area contributed by atoms with Gasteiger partial charge in [-0.3, -0.25) is 4.79 Å². The average Bonchev–Trinajstić information content (AvgIpc) is 2.55. The van der Waals surface area contributed by atoms with Crippen molar-refractivity contribution in [3.8, 4) is 0 Å². The fourth-order valence-electron chi connectivity index (χ4n) is 3.08. The lowest BCUT2D eigenvalue weighted by Crippen LogP contribution is -2.33. The molecule has 1 aliphatic rings. The molecule has 0 atom stereocenters. The zero-order valence-electron chi connectivity index (χ0n) is 11.1. The number of hydrogen-bond donors (Lipinski definition) is 1. The summed E-state index contributed by atoms with van der Waals surface area (Å²) in [7, 11) is 0. The Morgan fingerprint density at radius 2 is 1.89 bits per heavy atom. The summed E-state index contributed by atoms with van der Waals surface area (Å²) in [4.78, 5) is 11.7. The normalized spacial score (nSPS) is 19.2. The van der Waals surface area contributed by atoms with Gasteiger partial charge in [0.25, 0.3) is 0 Å². The molecule has 0 amide bonds. The Labute approximate surface area is 109 Å². The molecule has 0 aromatic heterocycles. The van der Waals surface area contributed by atoms with Gasteiger partial charge in [-0.25, -0.2) is 0 Å². The predicted octanol–water partition coefficient (Wildman–Crippen LogP) is 3.96. The topological polar surface area (TPSA) is 37.3 Å². The van der Waals surface area contributed by atoms with Gasteiger partial charge in [0.2, 0.25) is 0 Å². The predicted molar refractivity (Wildman–Crippen MR) is 72.7 cm³/mol. The van der Waals surface area contributed by atoms with Gasteiger partial charge in [-0.05, 0) is 31.7 Å². The highest BCUT2D eigenvalue weighted by molar-refractivity contribution is 5.75. The molecule has 0 heterocycles. The van der Waals surface area contributed by atoms with E-state index in [1.165, 1.54) is 24.0 Å². The van der Waals surface area contributed by atoms with Gasteiger partial charge < -0.3 is 5.11 Å². The molecule has 1 fully saturated rings. The average molecular weight is 246 g/mol. The van der Waals surface area contributed by atoms with E-state index in [1.807, 2.05) is 6.07 Å². The first-order valence-electron chi connectivity index (χ1n) is 6.91. The second-order valence-electron chi connectivity index (χ2n) is 5.67. The van der Waals surface area contributed by atoms with Crippen LogP contribution in [-0.4, -0.2) is 11.1 Å². The number of benzene rings is 1. The van der Waals surface area contributed by atoms with E-state index in [0.717, 1.165) is 25.7 Å². The monoisotopic (exact) mass is 246 g/mol. The molecule has 18 heavy (non-hydrogen) atoms. The maximum Gasteiger partial charge on any atom is 0.309 e. The maximum atomic E-state index is 11.7. The Balaban J connectivity index is 2.22. The highest BCUT2D eigenvalue weighted by atomic mass is 16.4. The van der Waals surface area contributed by atoms with Crippen LogP contribution in [0.2, 0.25) is 0 Å². The van der Waals surface area contributed by atoms with Crippen molar-refractivity contribution in [1.82, 2.24) is 0 Å². The molecule has 98 valence electrons. The maximum absolute atomic E-state index is 11.7. The van der Waals surface area contributed by atoms with Crippen molar-refractivity contribution in [2.24, 2.45) is 5.41 Å². The lowest BCUT2D eigenvalue weighted by Gasteiger charge is -2.28. The second kappa shape index (κ2) is 5.55. The minimum atomic E-state index is -0.606. The molecule has 0 bridgehead atoms. The molecule has 0 aliphatic heterocycles. The Bertz CT molecular complexity index is 415. The summed E-state index contributed by atoms with van der Waals surface area (Å²) in [6.07, 6.45) is 6.82. The molecular weight excluding hydrogens is 224 g/mol. The van der Waals surface area contributed by atoms with Crippen molar-refractivity contribution >= 4 is 5.97 Å². The molecule has 2 heteroatoms. The second-order valence-corrected chi connectivity index (χ2v) is 5.67. The Morgan fingerprint density at radius 3 is 2.44 bits per heavy atom. The van der Waals surface area contributed by atoms with Gasteiger partial charge in [-0.2, -0.15) is 0 Å². The summed E-state index contributed by atoms with van der Waals surface area (Å²) in [5.41, 5.74) is 1.85. The standard InChI is InChI=1S/C16H22O2/c1-13-7-6-8-14(11-13)12-16(15(17)18)9-4-2-3-5-10-16/h6-8,11H,2-5,9-10,12H2,1H3,(H,17,18). The van der Waals surface area contributed by atoms with Crippen molar-refractivity contribution in [2.75, 3.05) is 0 Å². The molecular formula is C16H22O2. The van der Waals surface area contributed by atoms with Crippen molar-refractivity contribution < 1.29 is 9.90 Å². The molecule has 1 aliphatic carbocycles. The zero-order chi connectivity index (χ0) is 13.0. The summed E-state index contributed by atoms with van der Waals surface area (Å²) in [6, 6.07) is 8.26. The number of carbonyl (C=O) groups is 1. The van der Waals surface area contributed by atoms with E-state index in [0.29, 0.717) is 6.42 Å². The Kier molecular flexibility index (Phi) is 4.05. The van der Waals surface area contributed by atoms with Gasteiger partial charge >= 0.3 is 5.97 Å². The Morgan fingerprint density at radius 1 is 1.22 bits per heavy atom. The lowest BCUT2D eigenvalue weighted by molar-refractivity contribution is -0.149. The SMILES string of the molecule is Cc1cccc(CC2(C(=O)O)CCCCCC2)c1. The van der Waals surface area contributed by atoms with Crippen molar-refractivity contribution in [3.05, 3.63) is 35.4 Å². The fourth-order valence-corrected chi connectivity index (χ4v) is 3.08. The van der Waals surface area contributed by atoms with Crippen molar-refractivity contribution in [1.29, 1.82) is 0 Å². The van der Waals surface area contributed by atoms with E-state index < -0.39 is 11.4 Å². The molecule has 2 nitrogen and oxygen atoms in total. The lowest BCUT2D eigenvalue weighted by atomic mass is 9.75. The van der Waals surface area contributed by atoms with Crippen LogP contribution < -0.4 is 0 Å². The van der Waals surface area contributed by atoms with Crippen LogP contribution in [0.5, 0.6) is 0 Å². The third-order valence-electron chi connectivity index (χ3n) is 4.14. The zero-order valence-corrected chi connectivity index (χ0v) is 11.1. The first kappa shape index (κ1) is 13.1. The van der Waals surface area contributed by atoms with Gasteiger partial charge in [0.1, 0.15) is 0 Å². The van der Waals surface area contributed by atoms with Crippen LogP contribution in [0.15, 0.2) is 24.3 Å². The molecule has 1 N–H and O–H groups in total. The van der Waals surface area contributed by atoms with Crippen molar-refractivity contribution in [3.63, 3.8) is 0 Å². The fraction of sp³-hybridized carbons (Fsp3) is 0.562. The van der Waals surface area contributed by atoms with Crippen LogP contribution in [0.3, 0.4) is 0 Å². The minimum Gasteiger partial charge on any atom is -0.481 e. The first-order valence-corrected chi connectivity index (χ1v) is 6.91. The van der Waals surface area contributed by atoms with E-state index in [2.05, 4.69) is 25.1 Å². The molecule has 0 radical (unpaired) electrons. The molecule has 0 spiro atoms. The van der Waals surface area contributed by atoms with E-state index in [9.17, 15) is 9.90 Å². The number of hydrogen-bond acceptors (Lipinski definition) is 1. The number of carboxylic acids is 1. The van der Waals surface area contributed by atoms with Gasteiger partial charge in [0, 0.05) is 0 Å². The number of aliphatic carboxylic acids is 1. The summed E-state index contributed by atoms with van der Waals surface area (Å²) >= 11 is 0. The highest BCUT2D eigenvalue weighted by Gasteiger charge is 2.38. The summed E-state index contributed by atoms with van der Waals surface area (Å²) in [5, 5.41) is 9.64. The van der Waals surface area contributed by atoms with Crippen LogP contribution in [0.4, 0.5) is 0 Å². The number of carboxylic acid groups (broad SMARTS) is 1. The summed E-state index contributed by atoms with van der Waals surface area (Å²) in [5.74, 6) is -0.606. The molecule has 1 aromatic rings. The molecule has 1 saturated carbocycles. The summed E-state index contributed by atoms with van der Waals surface area (Å²) in [6.45, 7) is 2.06. The summed E-state index contributed by atoms with van der Waals surface area (Å²) < 4.78 is 0. The molecule has 0 saturated heterocycles. The van der Waals surface area contributed by atoms with Crippen molar-refractivity contribution in [2.45, 2.75) is 51.9 Å². The van der Waals surface area contributed by atoms with E-state index in [4.69, 9.17) is 0 Å². The Hall–Kier alpha value is -1.31. The first-order chi connectivity index (χ1) is 8.62. The number of aryl methyl sites for hydroxylation is 1. The van der Waals surface area contributed by atoms with Crippen LogP contribution in [0.1, 0.15) is 49.7 Å². The van der Waals surface area contributed by atoms with Crippen LogP contribution in [-0.2, 0) is 11.2 Å². The quantitative estimate of drug-likeness (QED) is 0.819. The van der Waals surface area contributed by atoms with E-state index in [1.54, 1.807) is 0 Å². The molecule has 0 unspecified atom stereocenters. The molecule has 1 aromatic carbocycles. The third-order valence-corrected chi connectivity index (χ3v) is 4.14. The highest BCUT2D eigenvalue weighted by Crippen LogP contribution is 2.38. The van der Waals surface area contributed by atoms with Gasteiger partial charge in [0.05, 0.1) is 5.41 Å². The van der Waals surface area contributed by atoms with E-state index >= 15 is 0 Å². The largest absolute Gasteiger partial charge is 0.481 e. The van der Waals surface area contributed by atoms with Gasteiger partial charge in [-0.1, -0.05) is 55.5 Å². The minimum absolute atomic E-state index is 0.524. The van der Waals surface area contributed by atoms with E-state index in [-0.39, 0.29) is 0 Å². The smallest absolute Gasteiger partial charge is 0.309 e. The third kappa shape index (κ3) is 2.92.